The van der Waals surface area contributed by atoms with Crippen molar-refractivity contribution in [2.24, 2.45) is 0 Å². The lowest BCUT2D eigenvalue weighted by Gasteiger charge is -2.43. The normalized spacial score (nSPS) is 34.1. The molecule has 3 rings (SSSR count). The molecule has 0 radical (unpaired) electrons. The predicted octanol–water partition coefficient (Wildman–Crippen LogP) is 1.21. The number of sulfone groups is 1. The third-order valence-electron chi connectivity index (χ3n) is 4.62. The van der Waals surface area contributed by atoms with Crippen LogP contribution in [0.4, 0.5) is 0 Å². The second-order valence-electron chi connectivity index (χ2n) is 6.20. The van der Waals surface area contributed by atoms with E-state index in [1.165, 1.54) is 5.56 Å². The Hall–Kier alpha value is -0.910. The van der Waals surface area contributed by atoms with E-state index in [1.807, 2.05) is 6.07 Å². The van der Waals surface area contributed by atoms with E-state index in [9.17, 15) is 8.42 Å². The van der Waals surface area contributed by atoms with Crippen molar-refractivity contribution in [1.82, 2.24) is 10.2 Å². The Morgan fingerprint density at radius 2 is 2.05 bits per heavy atom. The third-order valence-corrected chi connectivity index (χ3v) is 6.51. The Morgan fingerprint density at radius 3 is 2.70 bits per heavy atom. The van der Waals surface area contributed by atoms with E-state index >= 15 is 0 Å². The van der Waals surface area contributed by atoms with Crippen LogP contribution in [0, 0.1) is 0 Å². The fourth-order valence-electron chi connectivity index (χ4n) is 3.39. The second-order valence-corrected chi connectivity index (χ2v) is 8.39. The molecule has 2 aliphatic rings. The van der Waals surface area contributed by atoms with Crippen molar-refractivity contribution in [3.8, 4) is 0 Å². The second kappa shape index (κ2) is 5.13. The topological polar surface area (TPSA) is 49.4 Å². The van der Waals surface area contributed by atoms with Crippen LogP contribution in [0.15, 0.2) is 30.3 Å². The van der Waals surface area contributed by atoms with Gasteiger partial charge >= 0.3 is 0 Å². The Labute approximate surface area is 121 Å². The fraction of sp³-hybridized carbons (Fsp3) is 0.600. The van der Waals surface area contributed by atoms with Crippen LogP contribution < -0.4 is 5.32 Å². The lowest BCUT2D eigenvalue weighted by molar-refractivity contribution is 0.0871. The zero-order chi connectivity index (χ0) is 14.2. The van der Waals surface area contributed by atoms with Gasteiger partial charge < -0.3 is 5.32 Å². The summed E-state index contributed by atoms with van der Waals surface area (Å²) in [7, 11) is -2.85. The molecule has 1 aromatic rings. The van der Waals surface area contributed by atoms with Crippen LogP contribution >= 0.6 is 0 Å². The minimum atomic E-state index is -2.85. The van der Waals surface area contributed by atoms with E-state index in [0.29, 0.717) is 17.5 Å². The Balaban J connectivity index is 1.76. The van der Waals surface area contributed by atoms with Gasteiger partial charge in [0.25, 0.3) is 0 Å². The molecular weight excluding hydrogens is 272 g/mol. The predicted molar refractivity (Wildman–Crippen MR) is 80.4 cm³/mol. The minimum absolute atomic E-state index is 0.187. The van der Waals surface area contributed by atoms with Gasteiger partial charge in [-0.25, -0.2) is 8.42 Å². The molecule has 2 aliphatic heterocycles. The molecule has 110 valence electrons. The van der Waals surface area contributed by atoms with E-state index in [2.05, 4.69) is 41.4 Å². The quantitative estimate of drug-likeness (QED) is 0.891. The molecule has 5 heteroatoms. The first-order valence-electron chi connectivity index (χ1n) is 7.22. The molecule has 2 saturated heterocycles. The van der Waals surface area contributed by atoms with Crippen molar-refractivity contribution in [3.05, 3.63) is 35.9 Å². The van der Waals surface area contributed by atoms with Gasteiger partial charge in [-0.1, -0.05) is 30.3 Å². The standard InChI is InChI=1S/C15H22N2O2S/c1-15(7-10-20(18,19)12-15)17-9-8-16-14(11-17)13-5-3-2-4-6-13/h2-6,14,16H,7-12H2,1H3. The SMILES string of the molecule is CC1(N2CCNC(c3ccccc3)C2)CCS(=O)(=O)C1. The molecule has 2 unspecified atom stereocenters. The van der Waals surface area contributed by atoms with Gasteiger partial charge in [-0.15, -0.1) is 0 Å². The molecule has 2 atom stereocenters. The highest BCUT2D eigenvalue weighted by Crippen LogP contribution is 2.32. The number of piperazine rings is 1. The van der Waals surface area contributed by atoms with Gasteiger partial charge in [0.1, 0.15) is 0 Å². The highest BCUT2D eigenvalue weighted by molar-refractivity contribution is 7.91. The summed E-state index contributed by atoms with van der Waals surface area (Å²) in [5, 5.41) is 3.54. The van der Waals surface area contributed by atoms with Gasteiger partial charge in [0.15, 0.2) is 9.84 Å². The molecule has 20 heavy (non-hydrogen) atoms. The molecule has 0 saturated carbocycles. The van der Waals surface area contributed by atoms with E-state index in [0.717, 1.165) is 26.1 Å². The van der Waals surface area contributed by atoms with Crippen LogP contribution in [0.5, 0.6) is 0 Å². The van der Waals surface area contributed by atoms with Crippen LogP contribution in [-0.2, 0) is 9.84 Å². The number of nitrogens with zero attached hydrogens (tertiary/aromatic N) is 1. The Kier molecular flexibility index (Phi) is 3.60. The number of hydrogen-bond donors (Lipinski definition) is 1. The Morgan fingerprint density at radius 1 is 1.30 bits per heavy atom. The van der Waals surface area contributed by atoms with Crippen LogP contribution in [0.1, 0.15) is 24.9 Å². The smallest absolute Gasteiger partial charge is 0.152 e. The van der Waals surface area contributed by atoms with Crippen molar-refractivity contribution in [2.75, 3.05) is 31.1 Å². The van der Waals surface area contributed by atoms with Crippen LogP contribution in [0.25, 0.3) is 0 Å². The van der Waals surface area contributed by atoms with Gasteiger partial charge in [-0.05, 0) is 18.9 Å². The summed E-state index contributed by atoms with van der Waals surface area (Å²) in [6, 6.07) is 10.7. The van der Waals surface area contributed by atoms with Gasteiger partial charge in [-0.2, -0.15) is 0 Å². The van der Waals surface area contributed by atoms with Crippen molar-refractivity contribution in [3.63, 3.8) is 0 Å². The van der Waals surface area contributed by atoms with Crippen molar-refractivity contribution in [1.29, 1.82) is 0 Å². The van der Waals surface area contributed by atoms with Crippen molar-refractivity contribution in [2.45, 2.75) is 24.9 Å². The van der Waals surface area contributed by atoms with Gasteiger partial charge in [0, 0.05) is 31.2 Å². The van der Waals surface area contributed by atoms with E-state index in [1.54, 1.807) is 0 Å². The lowest BCUT2D eigenvalue weighted by atomic mass is 9.95. The summed E-state index contributed by atoms with van der Waals surface area (Å²) in [5.41, 5.74) is 1.09. The molecule has 0 bridgehead atoms. The van der Waals surface area contributed by atoms with Gasteiger partial charge in [-0.3, -0.25) is 4.90 Å². The number of hydrogen-bond acceptors (Lipinski definition) is 4. The van der Waals surface area contributed by atoms with Crippen LogP contribution in [-0.4, -0.2) is 50.0 Å². The number of benzene rings is 1. The monoisotopic (exact) mass is 294 g/mol. The molecular formula is C15H22N2O2S. The minimum Gasteiger partial charge on any atom is -0.308 e. The van der Waals surface area contributed by atoms with Crippen LogP contribution in [0.2, 0.25) is 0 Å². The zero-order valence-electron chi connectivity index (χ0n) is 11.9. The van der Waals surface area contributed by atoms with E-state index in [-0.39, 0.29) is 5.54 Å². The number of nitrogens with one attached hydrogen (secondary N) is 1. The van der Waals surface area contributed by atoms with Gasteiger partial charge in [0.05, 0.1) is 11.5 Å². The molecule has 0 spiro atoms. The summed E-state index contributed by atoms with van der Waals surface area (Å²) in [6.45, 7) is 4.82. The highest BCUT2D eigenvalue weighted by atomic mass is 32.2. The zero-order valence-corrected chi connectivity index (χ0v) is 12.7. The molecule has 2 heterocycles. The maximum absolute atomic E-state index is 11.8. The van der Waals surface area contributed by atoms with Crippen molar-refractivity contribution >= 4 is 9.84 Å². The largest absolute Gasteiger partial charge is 0.308 e. The molecule has 4 nitrogen and oxygen atoms in total. The van der Waals surface area contributed by atoms with Gasteiger partial charge in [0.2, 0.25) is 0 Å². The average molecular weight is 294 g/mol. The molecule has 0 aliphatic carbocycles. The first-order valence-corrected chi connectivity index (χ1v) is 9.05. The molecule has 2 fully saturated rings. The third kappa shape index (κ3) is 2.75. The Bertz CT molecular complexity index is 573. The molecule has 0 aromatic heterocycles. The molecule has 1 aromatic carbocycles. The van der Waals surface area contributed by atoms with Crippen molar-refractivity contribution < 1.29 is 8.42 Å². The summed E-state index contributed by atoms with van der Waals surface area (Å²) in [4.78, 5) is 2.37. The highest BCUT2D eigenvalue weighted by Gasteiger charge is 2.44. The lowest BCUT2D eigenvalue weighted by Crippen LogP contribution is -2.56. The van der Waals surface area contributed by atoms with E-state index in [4.69, 9.17) is 0 Å². The summed E-state index contributed by atoms with van der Waals surface area (Å²) < 4.78 is 23.6. The summed E-state index contributed by atoms with van der Waals surface area (Å²) >= 11 is 0. The maximum atomic E-state index is 11.8. The average Bonchev–Trinajstić information content (AvgIpc) is 2.75. The maximum Gasteiger partial charge on any atom is 0.152 e. The first-order chi connectivity index (χ1) is 9.49. The molecule has 0 amide bonds. The fourth-order valence-corrected chi connectivity index (χ4v) is 5.56. The van der Waals surface area contributed by atoms with Crippen LogP contribution in [0.3, 0.4) is 0 Å². The number of rotatable bonds is 2. The molecule has 1 N–H and O–H groups in total. The first kappa shape index (κ1) is 14.0. The van der Waals surface area contributed by atoms with E-state index < -0.39 is 9.84 Å². The summed E-state index contributed by atoms with van der Waals surface area (Å²) in [5.74, 6) is 0.644. The summed E-state index contributed by atoms with van der Waals surface area (Å²) in [6.07, 6.45) is 0.761.